The zero-order valence-electron chi connectivity index (χ0n) is 14.8. The van der Waals surface area contributed by atoms with Crippen LogP contribution in [0.2, 0.25) is 0 Å². The van der Waals surface area contributed by atoms with Crippen molar-refractivity contribution in [1.29, 1.82) is 0 Å². The summed E-state index contributed by atoms with van der Waals surface area (Å²) in [6.45, 7) is 5.51. The van der Waals surface area contributed by atoms with E-state index in [9.17, 15) is 9.18 Å². The van der Waals surface area contributed by atoms with Crippen molar-refractivity contribution in [2.45, 2.75) is 32.6 Å². The number of aromatic amines is 1. The fourth-order valence-electron chi connectivity index (χ4n) is 3.17. The van der Waals surface area contributed by atoms with Crippen molar-refractivity contribution < 1.29 is 13.9 Å². The summed E-state index contributed by atoms with van der Waals surface area (Å²) < 4.78 is 20.7. The van der Waals surface area contributed by atoms with Crippen molar-refractivity contribution in [1.82, 2.24) is 10.3 Å². The van der Waals surface area contributed by atoms with Gasteiger partial charge in [0.05, 0.1) is 23.5 Å². The van der Waals surface area contributed by atoms with E-state index in [2.05, 4.69) is 10.3 Å². The molecule has 5 nitrogen and oxygen atoms in total. The molecule has 0 radical (unpaired) electrons. The number of aromatic nitrogens is 1. The summed E-state index contributed by atoms with van der Waals surface area (Å²) in [5, 5.41) is 2.77. The van der Waals surface area contributed by atoms with E-state index >= 15 is 0 Å². The third kappa shape index (κ3) is 4.28. The first-order valence-electron chi connectivity index (χ1n) is 8.59. The zero-order chi connectivity index (χ0) is 18.7. The molecule has 2 heterocycles. The molecular formula is C19H22FN3O2S. The first-order valence-corrected chi connectivity index (χ1v) is 8.99. The van der Waals surface area contributed by atoms with E-state index in [0.29, 0.717) is 34.5 Å². The molecule has 138 valence electrons. The highest BCUT2D eigenvalue weighted by Crippen LogP contribution is 2.24. The maximum Gasteiger partial charge on any atom is 0.254 e. The molecule has 1 aromatic heterocycles. The Morgan fingerprint density at radius 3 is 2.73 bits per heavy atom. The second-order valence-electron chi connectivity index (χ2n) is 6.54. The van der Waals surface area contributed by atoms with Gasteiger partial charge in [0.1, 0.15) is 10.5 Å². The van der Waals surface area contributed by atoms with Crippen LogP contribution in [0.25, 0.3) is 0 Å². The van der Waals surface area contributed by atoms with Crippen molar-refractivity contribution in [3.05, 3.63) is 58.1 Å². The van der Waals surface area contributed by atoms with Crippen LogP contribution in [0.1, 0.15) is 29.8 Å². The lowest BCUT2D eigenvalue weighted by atomic mass is 10.1. The van der Waals surface area contributed by atoms with Gasteiger partial charge in [-0.15, -0.1) is 0 Å². The highest BCUT2D eigenvalue weighted by Gasteiger charge is 2.24. The smallest absolute Gasteiger partial charge is 0.254 e. The Labute approximate surface area is 157 Å². The van der Waals surface area contributed by atoms with Crippen molar-refractivity contribution >= 4 is 23.8 Å². The van der Waals surface area contributed by atoms with Crippen molar-refractivity contribution in [3.63, 3.8) is 0 Å². The Morgan fingerprint density at radius 2 is 2.08 bits per heavy atom. The molecule has 1 amide bonds. The third-order valence-electron chi connectivity index (χ3n) is 4.29. The molecule has 1 aliphatic heterocycles. The summed E-state index contributed by atoms with van der Waals surface area (Å²) in [6, 6.07) is 8.42. The predicted molar refractivity (Wildman–Crippen MR) is 101 cm³/mol. The minimum Gasteiger partial charge on any atom is -0.372 e. The molecule has 0 bridgehead atoms. The van der Waals surface area contributed by atoms with Crippen LogP contribution >= 0.6 is 12.2 Å². The maximum absolute atomic E-state index is 14.6. The molecule has 0 unspecified atom stereocenters. The van der Waals surface area contributed by atoms with Gasteiger partial charge in [-0.1, -0.05) is 18.3 Å². The van der Waals surface area contributed by atoms with E-state index in [0.717, 1.165) is 0 Å². The number of ether oxygens (including phenoxy) is 1. The van der Waals surface area contributed by atoms with Crippen molar-refractivity contribution in [3.8, 4) is 0 Å². The molecule has 2 aromatic rings. The number of hydrogen-bond acceptors (Lipinski definition) is 4. The molecule has 2 N–H and O–H groups in total. The number of nitrogens with one attached hydrogen (secondary N) is 2. The van der Waals surface area contributed by atoms with Crippen LogP contribution in [0.15, 0.2) is 36.5 Å². The normalized spacial score (nSPS) is 20.0. The lowest BCUT2D eigenvalue weighted by molar-refractivity contribution is -0.00539. The number of morpholine rings is 1. The van der Waals surface area contributed by atoms with Crippen LogP contribution < -0.4 is 10.2 Å². The summed E-state index contributed by atoms with van der Waals surface area (Å²) >= 11 is 5.10. The van der Waals surface area contributed by atoms with Gasteiger partial charge in [0, 0.05) is 25.8 Å². The monoisotopic (exact) mass is 375 g/mol. The van der Waals surface area contributed by atoms with Crippen LogP contribution in [0, 0.1) is 10.5 Å². The number of halogens is 1. The average Bonchev–Trinajstić information content (AvgIpc) is 2.59. The lowest BCUT2D eigenvalue weighted by Gasteiger charge is -2.37. The number of nitrogens with zero attached hydrogens (tertiary/aromatic N) is 1. The fourth-order valence-corrected chi connectivity index (χ4v) is 3.40. The van der Waals surface area contributed by atoms with Crippen molar-refractivity contribution in [2.75, 3.05) is 18.0 Å². The first-order chi connectivity index (χ1) is 12.4. The molecule has 1 fully saturated rings. The number of pyridine rings is 1. The van der Waals surface area contributed by atoms with Gasteiger partial charge in [0.15, 0.2) is 0 Å². The summed E-state index contributed by atoms with van der Waals surface area (Å²) in [5.41, 5.74) is 1.66. The minimum atomic E-state index is -0.296. The molecule has 0 aliphatic carbocycles. The summed E-state index contributed by atoms with van der Waals surface area (Å²) in [7, 11) is 0. The maximum atomic E-state index is 14.6. The summed E-state index contributed by atoms with van der Waals surface area (Å²) in [5.74, 6) is -0.581. The second kappa shape index (κ2) is 7.97. The van der Waals surface area contributed by atoms with Gasteiger partial charge in [-0.05, 0) is 43.7 Å². The topological polar surface area (TPSA) is 57.4 Å². The lowest BCUT2D eigenvalue weighted by Crippen LogP contribution is -2.45. The molecule has 0 saturated carbocycles. The van der Waals surface area contributed by atoms with E-state index < -0.39 is 0 Å². The Morgan fingerprint density at radius 1 is 1.35 bits per heavy atom. The van der Waals surface area contributed by atoms with Crippen LogP contribution in [-0.4, -0.2) is 36.2 Å². The molecule has 3 rings (SSSR count). The molecule has 1 aromatic carbocycles. The van der Waals surface area contributed by atoms with Crippen LogP contribution in [0.3, 0.4) is 0 Å². The molecule has 0 spiro atoms. The highest BCUT2D eigenvalue weighted by atomic mass is 32.1. The fraction of sp³-hybridized carbons (Fsp3) is 0.368. The second-order valence-corrected chi connectivity index (χ2v) is 6.95. The molecular weight excluding hydrogens is 353 g/mol. The molecule has 2 atom stereocenters. The van der Waals surface area contributed by atoms with Gasteiger partial charge in [0.2, 0.25) is 0 Å². The van der Waals surface area contributed by atoms with E-state index in [-0.39, 0.29) is 30.5 Å². The molecule has 7 heteroatoms. The zero-order valence-corrected chi connectivity index (χ0v) is 15.6. The van der Waals surface area contributed by atoms with Gasteiger partial charge in [0.25, 0.3) is 5.91 Å². The number of benzene rings is 1. The number of carbonyl (C=O) groups excluding carboxylic acids is 1. The van der Waals surface area contributed by atoms with E-state index in [1.54, 1.807) is 24.4 Å². The standard InChI is InChI=1S/C19H22FN3O2S/c1-12-10-23(11-13(2)25-12)17-6-5-14(8-16(17)20)9-22-18(24)15-4-3-7-21-19(15)26/h3-8,12-13H,9-11H2,1-2H3,(H,21,26)(H,22,24)/t12-,13+. The Kier molecular flexibility index (Phi) is 5.68. The van der Waals surface area contributed by atoms with E-state index in [4.69, 9.17) is 17.0 Å². The molecule has 26 heavy (non-hydrogen) atoms. The minimum absolute atomic E-state index is 0.0624. The third-order valence-corrected chi connectivity index (χ3v) is 4.63. The summed E-state index contributed by atoms with van der Waals surface area (Å²) in [6.07, 6.45) is 1.79. The predicted octanol–water partition coefficient (Wildman–Crippen LogP) is 3.43. The Balaban J connectivity index is 1.67. The van der Waals surface area contributed by atoms with Gasteiger partial charge in [-0.25, -0.2) is 4.39 Å². The van der Waals surface area contributed by atoms with E-state index in [1.807, 2.05) is 24.8 Å². The van der Waals surface area contributed by atoms with Gasteiger partial charge >= 0.3 is 0 Å². The molecule has 1 aliphatic rings. The average molecular weight is 375 g/mol. The Bertz CT molecular complexity index is 845. The quantitative estimate of drug-likeness (QED) is 0.804. The van der Waals surface area contributed by atoms with Crippen LogP contribution in [-0.2, 0) is 11.3 Å². The number of hydrogen-bond donors (Lipinski definition) is 2. The number of amides is 1. The van der Waals surface area contributed by atoms with Crippen LogP contribution in [0.5, 0.6) is 0 Å². The van der Waals surface area contributed by atoms with Crippen molar-refractivity contribution in [2.24, 2.45) is 0 Å². The highest BCUT2D eigenvalue weighted by molar-refractivity contribution is 7.71. The van der Waals surface area contributed by atoms with Crippen LogP contribution in [0.4, 0.5) is 10.1 Å². The summed E-state index contributed by atoms with van der Waals surface area (Å²) in [4.78, 5) is 17.0. The SMILES string of the molecule is C[C@@H]1CN(c2ccc(CNC(=O)c3ccc[nH]c3=S)cc2F)C[C@H](C)O1. The van der Waals surface area contributed by atoms with E-state index in [1.165, 1.54) is 6.07 Å². The number of carbonyl (C=O) groups is 1. The molecule has 1 saturated heterocycles. The van der Waals surface area contributed by atoms with Gasteiger partial charge < -0.3 is 19.9 Å². The largest absolute Gasteiger partial charge is 0.372 e. The number of rotatable bonds is 4. The van der Waals surface area contributed by atoms with Gasteiger partial charge in [-0.2, -0.15) is 0 Å². The number of anilines is 1. The number of H-pyrrole nitrogens is 1. The first kappa shape index (κ1) is 18.5. The van der Waals surface area contributed by atoms with Gasteiger partial charge in [-0.3, -0.25) is 4.79 Å². The Hall–Kier alpha value is -2.25.